The van der Waals surface area contributed by atoms with Gasteiger partial charge in [0.15, 0.2) is 0 Å². The van der Waals surface area contributed by atoms with Gasteiger partial charge in [-0.2, -0.15) is 5.10 Å². The smallest absolute Gasteiger partial charge is 0.346 e. The molecule has 2 aromatic rings. The van der Waals surface area contributed by atoms with Crippen LogP contribution in [0.4, 0.5) is 0 Å². The monoisotopic (exact) mass is 288 g/mol. The van der Waals surface area contributed by atoms with E-state index in [0.717, 1.165) is 42.9 Å². The van der Waals surface area contributed by atoms with Gasteiger partial charge >= 0.3 is 5.69 Å². The highest BCUT2D eigenvalue weighted by Crippen LogP contribution is 2.17. The molecule has 2 heterocycles. The Morgan fingerprint density at radius 3 is 2.95 bits per heavy atom. The average Bonchev–Trinajstić information content (AvgIpc) is 2.85. The molecule has 1 aliphatic rings. The summed E-state index contributed by atoms with van der Waals surface area (Å²) < 4.78 is 9.01. The molecular formula is C15H20N4O2. The predicted molar refractivity (Wildman–Crippen MR) is 79.3 cm³/mol. The Balaban J connectivity index is 1.66. The number of aromatic nitrogens is 3. The standard InChI is InChI=1S/C15H20N4O2/c16-11-12-5-1-2-6-13(12)21-10-9-19-15(20)18-8-4-3-7-14(18)17-19/h1-2,5-6H,3-4,7-11,16H2. The fourth-order valence-corrected chi connectivity index (χ4v) is 2.65. The van der Waals surface area contributed by atoms with E-state index in [1.54, 1.807) is 4.57 Å². The minimum Gasteiger partial charge on any atom is -0.491 e. The van der Waals surface area contributed by atoms with Gasteiger partial charge in [-0.25, -0.2) is 9.48 Å². The van der Waals surface area contributed by atoms with E-state index < -0.39 is 0 Å². The van der Waals surface area contributed by atoms with Gasteiger partial charge in [0.1, 0.15) is 18.2 Å². The number of benzene rings is 1. The van der Waals surface area contributed by atoms with E-state index in [0.29, 0.717) is 19.7 Å². The molecule has 0 fully saturated rings. The molecule has 0 atom stereocenters. The van der Waals surface area contributed by atoms with E-state index in [-0.39, 0.29) is 5.69 Å². The third-order valence-corrected chi connectivity index (χ3v) is 3.78. The number of hydrogen-bond donors (Lipinski definition) is 1. The van der Waals surface area contributed by atoms with Crippen LogP contribution < -0.4 is 16.2 Å². The fraction of sp³-hybridized carbons (Fsp3) is 0.467. The third-order valence-electron chi connectivity index (χ3n) is 3.78. The van der Waals surface area contributed by atoms with E-state index in [9.17, 15) is 4.79 Å². The van der Waals surface area contributed by atoms with Gasteiger partial charge in [-0.3, -0.25) is 4.57 Å². The SMILES string of the molecule is NCc1ccccc1OCCn1nc2n(c1=O)CCCC2. The normalized spacial score (nSPS) is 14.0. The molecule has 1 aromatic carbocycles. The summed E-state index contributed by atoms with van der Waals surface area (Å²) >= 11 is 0. The van der Waals surface area contributed by atoms with Crippen molar-refractivity contribution in [1.29, 1.82) is 0 Å². The highest BCUT2D eigenvalue weighted by molar-refractivity contribution is 5.32. The van der Waals surface area contributed by atoms with Crippen LogP contribution in [0.25, 0.3) is 0 Å². The molecule has 1 aliphatic heterocycles. The largest absolute Gasteiger partial charge is 0.491 e. The maximum Gasteiger partial charge on any atom is 0.346 e. The topological polar surface area (TPSA) is 75.1 Å². The Labute approximate surface area is 123 Å². The first-order valence-electron chi connectivity index (χ1n) is 7.37. The highest BCUT2D eigenvalue weighted by atomic mass is 16.5. The Bertz CT molecular complexity index is 675. The molecule has 2 N–H and O–H groups in total. The van der Waals surface area contributed by atoms with Gasteiger partial charge in [-0.05, 0) is 18.9 Å². The van der Waals surface area contributed by atoms with Crippen LogP contribution in [0.3, 0.4) is 0 Å². The quantitative estimate of drug-likeness (QED) is 0.887. The first-order valence-corrected chi connectivity index (χ1v) is 7.37. The fourth-order valence-electron chi connectivity index (χ4n) is 2.65. The van der Waals surface area contributed by atoms with Gasteiger partial charge in [0.05, 0.1) is 6.54 Å². The molecule has 3 rings (SSSR count). The molecule has 1 aromatic heterocycles. The number of nitrogens with zero attached hydrogens (tertiary/aromatic N) is 3. The van der Waals surface area contributed by atoms with Crippen molar-refractivity contribution in [2.24, 2.45) is 5.73 Å². The van der Waals surface area contributed by atoms with E-state index in [2.05, 4.69) is 5.10 Å². The molecule has 0 bridgehead atoms. The zero-order valence-electron chi connectivity index (χ0n) is 12.0. The van der Waals surface area contributed by atoms with E-state index in [4.69, 9.17) is 10.5 Å². The van der Waals surface area contributed by atoms with Gasteiger partial charge < -0.3 is 10.5 Å². The van der Waals surface area contributed by atoms with E-state index in [1.165, 1.54) is 4.68 Å². The van der Waals surface area contributed by atoms with Crippen LogP contribution in [0.2, 0.25) is 0 Å². The van der Waals surface area contributed by atoms with Crippen molar-refractivity contribution in [1.82, 2.24) is 14.3 Å². The summed E-state index contributed by atoms with van der Waals surface area (Å²) in [5.74, 6) is 1.67. The first kappa shape index (κ1) is 13.9. The van der Waals surface area contributed by atoms with Crippen molar-refractivity contribution in [2.75, 3.05) is 6.61 Å². The van der Waals surface area contributed by atoms with Gasteiger partial charge in [-0.1, -0.05) is 18.2 Å². The van der Waals surface area contributed by atoms with Crippen molar-refractivity contribution >= 4 is 0 Å². The maximum atomic E-state index is 12.2. The second kappa shape index (κ2) is 6.13. The summed E-state index contributed by atoms with van der Waals surface area (Å²) in [6.45, 7) is 2.09. The molecule has 0 spiro atoms. The lowest BCUT2D eigenvalue weighted by atomic mass is 10.2. The van der Waals surface area contributed by atoms with Crippen molar-refractivity contribution in [3.63, 3.8) is 0 Å². The molecule has 0 amide bonds. The summed E-state index contributed by atoms with van der Waals surface area (Å²) in [5.41, 5.74) is 6.61. The number of rotatable bonds is 5. The molecule has 21 heavy (non-hydrogen) atoms. The zero-order chi connectivity index (χ0) is 14.7. The minimum atomic E-state index is -0.0274. The summed E-state index contributed by atoms with van der Waals surface area (Å²) in [4.78, 5) is 12.2. The molecule has 0 aliphatic carbocycles. The first-order chi connectivity index (χ1) is 10.3. The summed E-state index contributed by atoms with van der Waals surface area (Å²) in [6.07, 6.45) is 3.05. The number of aryl methyl sites for hydroxylation is 1. The minimum absolute atomic E-state index is 0.0274. The molecule has 0 radical (unpaired) electrons. The molecule has 6 heteroatoms. The van der Waals surface area contributed by atoms with Gasteiger partial charge in [0.2, 0.25) is 0 Å². The van der Waals surface area contributed by atoms with E-state index >= 15 is 0 Å². The summed E-state index contributed by atoms with van der Waals surface area (Å²) in [5, 5.41) is 4.39. The van der Waals surface area contributed by atoms with Gasteiger partial charge in [0, 0.05) is 25.1 Å². The lowest BCUT2D eigenvalue weighted by molar-refractivity contribution is 0.285. The van der Waals surface area contributed by atoms with Crippen LogP contribution in [0.1, 0.15) is 24.2 Å². The number of fused-ring (bicyclic) bond motifs is 1. The van der Waals surface area contributed by atoms with Crippen molar-refractivity contribution in [3.05, 3.63) is 46.1 Å². The van der Waals surface area contributed by atoms with Crippen LogP contribution in [0.5, 0.6) is 5.75 Å². The van der Waals surface area contributed by atoms with E-state index in [1.807, 2.05) is 24.3 Å². The third kappa shape index (κ3) is 2.85. The van der Waals surface area contributed by atoms with Crippen LogP contribution >= 0.6 is 0 Å². The Morgan fingerprint density at radius 2 is 2.14 bits per heavy atom. The molecule has 112 valence electrons. The Hall–Kier alpha value is -2.08. The molecule has 0 unspecified atom stereocenters. The Kier molecular flexibility index (Phi) is 4.06. The van der Waals surface area contributed by atoms with Gasteiger partial charge in [0.25, 0.3) is 0 Å². The average molecular weight is 288 g/mol. The number of ether oxygens (including phenoxy) is 1. The summed E-state index contributed by atoms with van der Waals surface area (Å²) in [7, 11) is 0. The lowest BCUT2D eigenvalue weighted by Crippen LogP contribution is -2.28. The van der Waals surface area contributed by atoms with Gasteiger partial charge in [-0.15, -0.1) is 0 Å². The second-order valence-electron chi connectivity index (χ2n) is 5.19. The summed E-state index contributed by atoms with van der Waals surface area (Å²) in [6, 6.07) is 7.68. The van der Waals surface area contributed by atoms with Crippen molar-refractivity contribution < 1.29 is 4.74 Å². The molecule has 0 saturated heterocycles. The maximum absolute atomic E-state index is 12.2. The number of hydrogen-bond acceptors (Lipinski definition) is 4. The van der Waals surface area contributed by atoms with Crippen LogP contribution in [-0.4, -0.2) is 21.0 Å². The van der Waals surface area contributed by atoms with Crippen molar-refractivity contribution in [2.45, 2.75) is 38.9 Å². The zero-order valence-corrected chi connectivity index (χ0v) is 12.0. The highest BCUT2D eigenvalue weighted by Gasteiger charge is 2.16. The number of para-hydroxylation sites is 1. The van der Waals surface area contributed by atoms with Crippen LogP contribution in [0, 0.1) is 0 Å². The lowest BCUT2D eigenvalue weighted by Gasteiger charge is -2.09. The second-order valence-corrected chi connectivity index (χ2v) is 5.19. The predicted octanol–water partition coefficient (Wildman–Crippen LogP) is 0.919. The van der Waals surface area contributed by atoms with Crippen molar-refractivity contribution in [3.8, 4) is 5.75 Å². The van der Waals surface area contributed by atoms with Crippen LogP contribution in [-0.2, 0) is 26.1 Å². The molecular weight excluding hydrogens is 268 g/mol. The Morgan fingerprint density at radius 1 is 1.29 bits per heavy atom. The van der Waals surface area contributed by atoms with Crippen LogP contribution in [0.15, 0.2) is 29.1 Å². The molecule has 6 nitrogen and oxygen atoms in total. The number of nitrogens with two attached hydrogens (primary N) is 1. The molecule has 0 saturated carbocycles.